The van der Waals surface area contributed by atoms with Crippen LogP contribution in [-0.2, 0) is 19.1 Å². The maximum Gasteiger partial charge on any atom is 0.319 e. The van der Waals surface area contributed by atoms with Crippen molar-refractivity contribution in [2.75, 3.05) is 6.61 Å². The Morgan fingerprint density at radius 2 is 2.00 bits per heavy atom. The van der Waals surface area contributed by atoms with Crippen LogP contribution in [0.15, 0.2) is 24.3 Å². The van der Waals surface area contributed by atoms with Crippen molar-refractivity contribution < 1.29 is 23.5 Å². The number of carbonyl (C=O) groups excluding carboxylic acids is 3. The van der Waals surface area contributed by atoms with E-state index in [0.29, 0.717) is 5.56 Å². The van der Waals surface area contributed by atoms with Gasteiger partial charge in [0.1, 0.15) is 11.7 Å². The lowest BCUT2D eigenvalue weighted by Gasteiger charge is -2.28. The lowest BCUT2D eigenvalue weighted by atomic mass is 9.80. The van der Waals surface area contributed by atoms with E-state index in [2.05, 4.69) is 5.32 Å². The van der Waals surface area contributed by atoms with Crippen LogP contribution in [0.4, 0.5) is 4.39 Å². The molecule has 6 heteroatoms. The van der Waals surface area contributed by atoms with Gasteiger partial charge in [0.25, 0.3) is 0 Å². The molecule has 2 rings (SSSR count). The number of piperidine rings is 1. The fourth-order valence-corrected chi connectivity index (χ4v) is 2.29. The average Bonchev–Trinajstić information content (AvgIpc) is 2.38. The molecule has 0 spiro atoms. The van der Waals surface area contributed by atoms with E-state index in [1.165, 1.54) is 24.3 Å². The van der Waals surface area contributed by atoms with E-state index in [9.17, 15) is 18.8 Å². The van der Waals surface area contributed by atoms with E-state index in [1.54, 1.807) is 6.92 Å². The number of rotatable bonds is 3. The summed E-state index contributed by atoms with van der Waals surface area (Å²) < 4.78 is 17.8. The standard InChI is InChI=1S/C14H14FNO4/c1-2-20-14(19)12-10(7-11(17)16-13(12)18)8-3-5-9(15)6-4-8/h3-6,10,12H,2,7H2,1H3,(H,16,17,18). The van der Waals surface area contributed by atoms with Crippen molar-refractivity contribution in [2.45, 2.75) is 19.3 Å². The quantitative estimate of drug-likeness (QED) is 0.511. The molecule has 0 aromatic heterocycles. The Morgan fingerprint density at radius 1 is 1.35 bits per heavy atom. The lowest BCUT2D eigenvalue weighted by Crippen LogP contribution is -2.48. The van der Waals surface area contributed by atoms with Crippen molar-refractivity contribution in [1.29, 1.82) is 0 Å². The van der Waals surface area contributed by atoms with Crippen molar-refractivity contribution in [3.63, 3.8) is 0 Å². The van der Waals surface area contributed by atoms with Gasteiger partial charge in [0.15, 0.2) is 0 Å². The smallest absolute Gasteiger partial charge is 0.319 e. The molecule has 1 fully saturated rings. The highest BCUT2D eigenvalue weighted by molar-refractivity contribution is 6.08. The highest BCUT2D eigenvalue weighted by Gasteiger charge is 2.42. The Bertz CT molecular complexity index is 541. The Hall–Kier alpha value is -2.24. The Morgan fingerprint density at radius 3 is 2.60 bits per heavy atom. The van der Waals surface area contributed by atoms with Crippen LogP contribution in [0.25, 0.3) is 0 Å². The molecular formula is C14H14FNO4. The van der Waals surface area contributed by atoms with Crippen LogP contribution >= 0.6 is 0 Å². The molecule has 1 heterocycles. The number of benzene rings is 1. The van der Waals surface area contributed by atoms with Gasteiger partial charge in [-0.15, -0.1) is 0 Å². The first-order chi connectivity index (χ1) is 9.52. The number of ether oxygens (including phenoxy) is 1. The number of hydrogen-bond acceptors (Lipinski definition) is 4. The maximum atomic E-state index is 12.9. The summed E-state index contributed by atoms with van der Waals surface area (Å²) in [6, 6.07) is 5.40. The van der Waals surface area contributed by atoms with Gasteiger partial charge in [0.05, 0.1) is 6.61 Å². The van der Waals surface area contributed by atoms with Crippen LogP contribution < -0.4 is 5.32 Å². The van der Waals surface area contributed by atoms with Gasteiger partial charge in [-0.3, -0.25) is 19.7 Å². The number of amides is 2. The van der Waals surface area contributed by atoms with E-state index in [1.807, 2.05) is 0 Å². The van der Waals surface area contributed by atoms with Crippen molar-refractivity contribution in [2.24, 2.45) is 5.92 Å². The van der Waals surface area contributed by atoms with Crippen LogP contribution in [0.3, 0.4) is 0 Å². The number of carbonyl (C=O) groups is 3. The molecule has 1 aromatic carbocycles. The number of hydrogen-bond donors (Lipinski definition) is 1. The summed E-state index contributed by atoms with van der Waals surface area (Å²) >= 11 is 0. The van der Waals surface area contributed by atoms with Crippen LogP contribution in [0.2, 0.25) is 0 Å². The number of esters is 1. The molecule has 5 nitrogen and oxygen atoms in total. The number of nitrogens with one attached hydrogen (secondary N) is 1. The molecule has 1 aliphatic heterocycles. The first-order valence-electron chi connectivity index (χ1n) is 6.28. The third kappa shape index (κ3) is 2.84. The van der Waals surface area contributed by atoms with Gasteiger partial charge in [-0.05, 0) is 24.6 Å². The summed E-state index contributed by atoms with van der Waals surface area (Å²) in [7, 11) is 0. The zero-order chi connectivity index (χ0) is 14.7. The number of halogens is 1. The minimum atomic E-state index is -1.09. The molecule has 0 aliphatic carbocycles. The van der Waals surface area contributed by atoms with Gasteiger partial charge in [0.2, 0.25) is 11.8 Å². The second-order valence-corrected chi connectivity index (χ2v) is 4.50. The van der Waals surface area contributed by atoms with E-state index < -0.39 is 35.4 Å². The van der Waals surface area contributed by atoms with E-state index in [4.69, 9.17) is 4.74 Å². The highest BCUT2D eigenvalue weighted by Crippen LogP contribution is 2.32. The SMILES string of the molecule is CCOC(=O)C1C(=O)NC(=O)CC1c1ccc(F)cc1. The molecule has 2 amide bonds. The summed E-state index contributed by atoms with van der Waals surface area (Å²) in [6.07, 6.45) is -0.0130. The van der Waals surface area contributed by atoms with Gasteiger partial charge in [0, 0.05) is 12.3 Å². The summed E-state index contributed by atoms with van der Waals surface area (Å²) in [6.45, 7) is 1.78. The van der Waals surface area contributed by atoms with Crippen LogP contribution in [0.1, 0.15) is 24.8 Å². The second-order valence-electron chi connectivity index (χ2n) is 4.50. The van der Waals surface area contributed by atoms with Crippen LogP contribution in [-0.4, -0.2) is 24.4 Å². The third-order valence-corrected chi connectivity index (χ3v) is 3.19. The van der Waals surface area contributed by atoms with Gasteiger partial charge in [-0.25, -0.2) is 4.39 Å². The first kappa shape index (κ1) is 14.2. The summed E-state index contributed by atoms with van der Waals surface area (Å²) in [4.78, 5) is 35.3. The van der Waals surface area contributed by atoms with Crippen LogP contribution in [0, 0.1) is 11.7 Å². The van der Waals surface area contributed by atoms with Crippen molar-refractivity contribution in [3.05, 3.63) is 35.6 Å². The molecule has 2 unspecified atom stereocenters. The lowest BCUT2D eigenvalue weighted by molar-refractivity contribution is -0.155. The monoisotopic (exact) mass is 279 g/mol. The molecule has 20 heavy (non-hydrogen) atoms. The number of imide groups is 1. The van der Waals surface area contributed by atoms with E-state index in [0.717, 1.165) is 0 Å². The minimum absolute atomic E-state index is 0.0130. The average molecular weight is 279 g/mol. The molecule has 0 bridgehead atoms. The molecule has 1 saturated heterocycles. The van der Waals surface area contributed by atoms with Crippen LogP contribution in [0.5, 0.6) is 0 Å². The first-order valence-corrected chi connectivity index (χ1v) is 6.28. The minimum Gasteiger partial charge on any atom is -0.465 e. The van der Waals surface area contributed by atoms with Crippen molar-refractivity contribution in [1.82, 2.24) is 5.32 Å². The zero-order valence-electron chi connectivity index (χ0n) is 10.9. The van der Waals surface area contributed by atoms with Gasteiger partial charge in [-0.1, -0.05) is 12.1 Å². The zero-order valence-corrected chi connectivity index (χ0v) is 10.9. The fraction of sp³-hybridized carbons (Fsp3) is 0.357. The molecule has 1 aromatic rings. The molecule has 106 valence electrons. The van der Waals surface area contributed by atoms with Crippen molar-refractivity contribution in [3.8, 4) is 0 Å². The predicted octanol–water partition coefficient (Wildman–Crippen LogP) is 1.14. The fourth-order valence-electron chi connectivity index (χ4n) is 2.29. The van der Waals surface area contributed by atoms with E-state index >= 15 is 0 Å². The van der Waals surface area contributed by atoms with Gasteiger partial charge >= 0.3 is 5.97 Å². The van der Waals surface area contributed by atoms with E-state index in [-0.39, 0.29) is 13.0 Å². The predicted molar refractivity (Wildman–Crippen MR) is 67.0 cm³/mol. The van der Waals surface area contributed by atoms with Crippen molar-refractivity contribution >= 4 is 17.8 Å². The van der Waals surface area contributed by atoms with Gasteiger partial charge in [-0.2, -0.15) is 0 Å². The normalized spacial score (nSPS) is 22.3. The summed E-state index contributed by atoms with van der Waals surface area (Å²) in [5.74, 6) is -3.94. The molecule has 1 N–H and O–H groups in total. The topological polar surface area (TPSA) is 72.5 Å². The Labute approximate surface area is 115 Å². The molecule has 2 atom stereocenters. The molecular weight excluding hydrogens is 265 g/mol. The Kier molecular flexibility index (Phi) is 4.12. The highest BCUT2D eigenvalue weighted by atomic mass is 19.1. The summed E-state index contributed by atoms with van der Waals surface area (Å²) in [5, 5.41) is 2.13. The summed E-state index contributed by atoms with van der Waals surface area (Å²) in [5.41, 5.74) is 0.563. The molecule has 1 aliphatic rings. The van der Waals surface area contributed by atoms with Gasteiger partial charge < -0.3 is 4.74 Å². The second kappa shape index (κ2) is 5.81. The largest absolute Gasteiger partial charge is 0.465 e. The third-order valence-electron chi connectivity index (χ3n) is 3.19. The molecule has 0 saturated carbocycles. The Balaban J connectivity index is 2.33. The molecule has 0 radical (unpaired) electrons. The maximum absolute atomic E-state index is 12.9.